The molecule has 5 nitrogen and oxygen atoms in total. The highest BCUT2D eigenvalue weighted by Gasteiger charge is 2.31. The Morgan fingerprint density at radius 1 is 0.862 bits per heavy atom. The third-order valence-electron chi connectivity index (χ3n) is 6.03. The van der Waals surface area contributed by atoms with Gasteiger partial charge in [-0.15, -0.1) is 0 Å². The summed E-state index contributed by atoms with van der Waals surface area (Å²) in [6.45, 7) is 23.4. The fraction of sp³-hybridized carbons (Fsp3) is 0.917. The van der Waals surface area contributed by atoms with Crippen molar-refractivity contribution in [3.05, 3.63) is 0 Å². The molecule has 0 aliphatic heterocycles. The topological polar surface area (TPSA) is 64.6 Å². The first kappa shape index (κ1) is 27.9. The number of carbonyl (C=O) groups excluding carboxylic acids is 2. The molecule has 0 heterocycles. The zero-order valence-electron chi connectivity index (χ0n) is 20.9. The molecular weight excluding hydrogens is 366 g/mol. The molecule has 1 amide bonds. The minimum Gasteiger partial charge on any atom is -0.465 e. The van der Waals surface area contributed by atoms with E-state index in [1.54, 1.807) is 0 Å². The van der Waals surface area contributed by atoms with Crippen molar-refractivity contribution in [1.29, 1.82) is 0 Å². The van der Waals surface area contributed by atoms with Crippen LogP contribution in [0, 0.1) is 22.7 Å². The number of ether oxygens (including phenoxy) is 2. The van der Waals surface area contributed by atoms with E-state index in [9.17, 15) is 9.59 Å². The van der Waals surface area contributed by atoms with Gasteiger partial charge in [0.1, 0.15) is 0 Å². The Labute approximate surface area is 179 Å². The summed E-state index contributed by atoms with van der Waals surface area (Å²) in [4.78, 5) is 24.3. The normalized spacial score (nSPS) is 14.2. The van der Waals surface area contributed by atoms with Crippen LogP contribution >= 0.6 is 0 Å². The number of hydrogen-bond acceptors (Lipinski definition) is 4. The molecule has 0 aromatic heterocycles. The number of esters is 1. The van der Waals surface area contributed by atoms with Crippen molar-refractivity contribution in [2.24, 2.45) is 22.7 Å². The Balaban J connectivity index is 4.45. The predicted molar refractivity (Wildman–Crippen MR) is 120 cm³/mol. The standard InChI is InChI=1S/C24H47NO4/c1-17(2)20(26)28-14-13-24(10,11)29-15-12-22(6,7)21(27)25-19(5)16-23(8,9)18(3)4/h17-19H,12-16H2,1-11H3,(H,25,27). The smallest absolute Gasteiger partial charge is 0.308 e. The fourth-order valence-corrected chi connectivity index (χ4v) is 2.83. The van der Waals surface area contributed by atoms with E-state index < -0.39 is 11.0 Å². The molecule has 1 atom stereocenters. The predicted octanol–water partition coefficient (Wildman–Crippen LogP) is 5.36. The molecular formula is C24H47NO4. The molecule has 5 heteroatoms. The van der Waals surface area contributed by atoms with Gasteiger partial charge >= 0.3 is 5.97 Å². The summed E-state index contributed by atoms with van der Waals surface area (Å²) < 4.78 is 11.2. The van der Waals surface area contributed by atoms with Crippen molar-refractivity contribution < 1.29 is 19.1 Å². The largest absolute Gasteiger partial charge is 0.465 e. The van der Waals surface area contributed by atoms with Crippen LogP contribution in [0.4, 0.5) is 0 Å². The van der Waals surface area contributed by atoms with E-state index in [4.69, 9.17) is 9.47 Å². The second-order valence-corrected chi connectivity index (χ2v) is 11.0. The molecule has 0 spiro atoms. The van der Waals surface area contributed by atoms with Gasteiger partial charge in [-0.3, -0.25) is 9.59 Å². The first-order valence-electron chi connectivity index (χ1n) is 11.1. The summed E-state index contributed by atoms with van der Waals surface area (Å²) in [5.41, 5.74) is -0.724. The zero-order chi connectivity index (χ0) is 23.0. The highest BCUT2D eigenvalue weighted by atomic mass is 16.5. The van der Waals surface area contributed by atoms with Crippen molar-refractivity contribution >= 4 is 11.9 Å². The number of rotatable bonds is 13. The molecule has 0 aliphatic carbocycles. The first-order valence-corrected chi connectivity index (χ1v) is 11.1. The van der Waals surface area contributed by atoms with Gasteiger partial charge in [0.25, 0.3) is 0 Å². The van der Waals surface area contributed by atoms with Crippen LogP contribution in [0.1, 0.15) is 95.4 Å². The van der Waals surface area contributed by atoms with Gasteiger partial charge in [-0.05, 0) is 44.9 Å². The van der Waals surface area contributed by atoms with Crippen LogP contribution in [-0.4, -0.2) is 36.7 Å². The average molecular weight is 414 g/mol. The van der Waals surface area contributed by atoms with Crippen molar-refractivity contribution in [3.8, 4) is 0 Å². The molecule has 0 aliphatic rings. The van der Waals surface area contributed by atoms with Gasteiger partial charge in [0.05, 0.1) is 18.1 Å². The van der Waals surface area contributed by atoms with E-state index in [2.05, 4.69) is 39.9 Å². The number of nitrogens with one attached hydrogen (secondary N) is 1. The van der Waals surface area contributed by atoms with Crippen LogP contribution < -0.4 is 5.32 Å². The number of hydrogen-bond donors (Lipinski definition) is 1. The summed E-state index contributed by atoms with van der Waals surface area (Å²) in [7, 11) is 0. The van der Waals surface area contributed by atoms with E-state index in [0.717, 1.165) is 6.42 Å². The lowest BCUT2D eigenvalue weighted by atomic mass is 9.76. The molecule has 0 bridgehead atoms. The molecule has 1 unspecified atom stereocenters. The quantitative estimate of drug-likeness (QED) is 0.413. The Hall–Kier alpha value is -1.10. The summed E-state index contributed by atoms with van der Waals surface area (Å²) >= 11 is 0. The van der Waals surface area contributed by atoms with Crippen LogP contribution in [-0.2, 0) is 19.1 Å². The first-order chi connectivity index (χ1) is 13.0. The van der Waals surface area contributed by atoms with Gasteiger partial charge in [-0.25, -0.2) is 0 Å². The Bertz CT molecular complexity index is 521. The van der Waals surface area contributed by atoms with Gasteiger partial charge < -0.3 is 14.8 Å². The third-order valence-corrected chi connectivity index (χ3v) is 6.03. The van der Waals surface area contributed by atoms with Gasteiger partial charge in [-0.2, -0.15) is 0 Å². The zero-order valence-corrected chi connectivity index (χ0v) is 20.9. The van der Waals surface area contributed by atoms with Crippen LogP contribution in [0.2, 0.25) is 0 Å². The van der Waals surface area contributed by atoms with E-state index >= 15 is 0 Å². The average Bonchev–Trinajstić information content (AvgIpc) is 2.52. The maximum Gasteiger partial charge on any atom is 0.308 e. The molecule has 1 N–H and O–H groups in total. The van der Waals surface area contributed by atoms with Crippen molar-refractivity contribution in [1.82, 2.24) is 5.32 Å². The molecule has 0 fully saturated rings. The molecule has 0 aromatic rings. The lowest BCUT2D eigenvalue weighted by Gasteiger charge is -2.34. The minimum absolute atomic E-state index is 0.0665. The SMILES string of the molecule is CC(CC(C)(C)C(C)C)NC(=O)C(C)(C)CCOC(C)(C)CCOC(=O)C(C)C. The van der Waals surface area contributed by atoms with Gasteiger partial charge in [0.2, 0.25) is 5.91 Å². The lowest BCUT2D eigenvalue weighted by Crippen LogP contribution is -2.44. The summed E-state index contributed by atoms with van der Waals surface area (Å²) in [5.74, 6) is 0.322. The van der Waals surface area contributed by atoms with Crippen LogP contribution in [0.15, 0.2) is 0 Å². The summed E-state index contributed by atoms with van der Waals surface area (Å²) in [6, 6.07) is 0.132. The van der Waals surface area contributed by atoms with Gasteiger partial charge in [0.15, 0.2) is 0 Å². The third kappa shape index (κ3) is 11.0. The second kappa shape index (κ2) is 11.3. The summed E-state index contributed by atoms with van der Waals surface area (Å²) in [5, 5.41) is 3.18. The highest BCUT2D eigenvalue weighted by Crippen LogP contribution is 2.32. The number of carbonyl (C=O) groups is 2. The Kier molecular flexibility index (Phi) is 10.9. The van der Waals surface area contributed by atoms with Crippen LogP contribution in [0.3, 0.4) is 0 Å². The minimum atomic E-state index is -0.504. The van der Waals surface area contributed by atoms with Crippen molar-refractivity contribution in [2.45, 2.75) is 107 Å². The highest BCUT2D eigenvalue weighted by molar-refractivity contribution is 5.82. The molecule has 29 heavy (non-hydrogen) atoms. The molecule has 172 valence electrons. The van der Waals surface area contributed by atoms with Crippen LogP contribution in [0.25, 0.3) is 0 Å². The Morgan fingerprint density at radius 3 is 1.90 bits per heavy atom. The summed E-state index contributed by atoms with van der Waals surface area (Å²) in [6.07, 6.45) is 2.21. The van der Waals surface area contributed by atoms with E-state index in [0.29, 0.717) is 32.0 Å². The van der Waals surface area contributed by atoms with Crippen molar-refractivity contribution in [3.63, 3.8) is 0 Å². The maximum atomic E-state index is 12.8. The second-order valence-electron chi connectivity index (χ2n) is 11.0. The van der Waals surface area contributed by atoms with E-state index in [1.807, 2.05) is 41.5 Å². The van der Waals surface area contributed by atoms with E-state index in [-0.39, 0.29) is 29.3 Å². The van der Waals surface area contributed by atoms with Gasteiger partial charge in [0, 0.05) is 24.5 Å². The maximum absolute atomic E-state index is 12.8. The lowest BCUT2D eigenvalue weighted by molar-refractivity contribution is -0.149. The Morgan fingerprint density at radius 2 is 1.41 bits per heavy atom. The van der Waals surface area contributed by atoms with Crippen LogP contribution in [0.5, 0.6) is 0 Å². The molecule has 0 aromatic carbocycles. The molecule has 0 rings (SSSR count). The van der Waals surface area contributed by atoms with Crippen molar-refractivity contribution in [2.75, 3.05) is 13.2 Å². The van der Waals surface area contributed by atoms with E-state index in [1.165, 1.54) is 0 Å². The molecule has 0 saturated heterocycles. The van der Waals surface area contributed by atoms with Gasteiger partial charge in [-0.1, -0.05) is 55.4 Å². The molecule has 0 saturated carbocycles. The molecule has 0 radical (unpaired) electrons. The monoisotopic (exact) mass is 413 g/mol. The fourth-order valence-electron chi connectivity index (χ4n) is 2.83. The number of amides is 1.